The second-order valence-corrected chi connectivity index (χ2v) is 5.09. The van der Waals surface area contributed by atoms with Crippen molar-refractivity contribution in [1.82, 2.24) is 10.2 Å². The van der Waals surface area contributed by atoms with Crippen LogP contribution in [0.4, 0.5) is 0 Å². The van der Waals surface area contributed by atoms with E-state index in [2.05, 4.69) is 10.2 Å². The van der Waals surface area contributed by atoms with E-state index >= 15 is 0 Å². The smallest absolute Gasteiger partial charge is 0.356 e. The summed E-state index contributed by atoms with van der Waals surface area (Å²) in [5.41, 5.74) is 1.91. The van der Waals surface area contributed by atoms with Gasteiger partial charge in [0.05, 0.1) is 10.6 Å². The van der Waals surface area contributed by atoms with Crippen LogP contribution in [0, 0.1) is 0 Å². The number of aromatic amines is 1. The van der Waals surface area contributed by atoms with Gasteiger partial charge in [0.1, 0.15) is 0 Å². The van der Waals surface area contributed by atoms with Gasteiger partial charge in [0.15, 0.2) is 5.69 Å². The van der Waals surface area contributed by atoms with Crippen LogP contribution in [0.2, 0.25) is 0 Å². The number of hydrogen-bond acceptors (Lipinski definition) is 3. The Labute approximate surface area is 113 Å². The molecule has 0 aliphatic carbocycles. The van der Waals surface area contributed by atoms with Gasteiger partial charge in [-0.2, -0.15) is 5.10 Å². The highest BCUT2D eigenvalue weighted by Gasteiger charge is 2.11. The molecular formula is C14H10N2O2S. The van der Waals surface area contributed by atoms with Gasteiger partial charge in [-0.25, -0.2) is 4.79 Å². The molecule has 19 heavy (non-hydrogen) atoms. The Morgan fingerprint density at radius 2 is 1.84 bits per heavy atom. The first-order valence-corrected chi connectivity index (χ1v) is 6.50. The molecule has 1 aromatic carbocycles. The number of nitrogens with one attached hydrogen (secondary N) is 1. The zero-order valence-corrected chi connectivity index (χ0v) is 10.6. The SMILES string of the molecule is O=C(O)c1cc(-c2ccc(-c3ccccc3)s2)[nH]n1. The summed E-state index contributed by atoms with van der Waals surface area (Å²) in [5, 5.41) is 15.4. The van der Waals surface area contributed by atoms with Gasteiger partial charge < -0.3 is 5.11 Å². The molecule has 2 aromatic heterocycles. The lowest BCUT2D eigenvalue weighted by Gasteiger charge is -1.94. The maximum absolute atomic E-state index is 10.8. The quantitative estimate of drug-likeness (QED) is 0.765. The van der Waals surface area contributed by atoms with Crippen LogP contribution in [0.1, 0.15) is 10.5 Å². The highest BCUT2D eigenvalue weighted by Crippen LogP contribution is 2.33. The van der Waals surface area contributed by atoms with E-state index in [4.69, 9.17) is 5.11 Å². The highest BCUT2D eigenvalue weighted by molar-refractivity contribution is 7.18. The second-order valence-electron chi connectivity index (χ2n) is 4.00. The van der Waals surface area contributed by atoms with Gasteiger partial charge in [-0.1, -0.05) is 30.3 Å². The van der Waals surface area contributed by atoms with Crippen molar-refractivity contribution in [2.75, 3.05) is 0 Å². The summed E-state index contributed by atoms with van der Waals surface area (Å²) in [6.07, 6.45) is 0. The molecule has 4 nitrogen and oxygen atoms in total. The van der Waals surface area contributed by atoms with Gasteiger partial charge in [0, 0.05) is 4.88 Å². The van der Waals surface area contributed by atoms with Crippen molar-refractivity contribution in [3.05, 3.63) is 54.2 Å². The predicted octanol–water partition coefficient (Wildman–Crippen LogP) is 3.50. The molecule has 0 bridgehead atoms. The van der Waals surface area contributed by atoms with Gasteiger partial charge in [-0.3, -0.25) is 5.10 Å². The van der Waals surface area contributed by atoms with Gasteiger partial charge in [-0.05, 0) is 23.8 Å². The van der Waals surface area contributed by atoms with E-state index in [-0.39, 0.29) is 5.69 Å². The number of rotatable bonds is 3. The first kappa shape index (κ1) is 11.7. The van der Waals surface area contributed by atoms with Crippen molar-refractivity contribution in [1.29, 1.82) is 0 Å². The average Bonchev–Trinajstić information content (AvgIpc) is 3.09. The lowest BCUT2D eigenvalue weighted by Crippen LogP contribution is -1.95. The van der Waals surface area contributed by atoms with Gasteiger partial charge >= 0.3 is 5.97 Å². The first-order chi connectivity index (χ1) is 9.24. The molecule has 0 unspecified atom stereocenters. The van der Waals surface area contributed by atoms with E-state index in [9.17, 15) is 4.79 Å². The lowest BCUT2D eigenvalue weighted by molar-refractivity contribution is 0.0690. The zero-order chi connectivity index (χ0) is 13.2. The van der Waals surface area contributed by atoms with Crippen LogP contribution in [0.15, 0.2) is 48.5 Å². The van der Waals surface area contributed by atoms with Crippen molar-refractivity contribution >= 4 is 17.3 Å². The summed E-state index contributed by atoms with van der Waals surface area (Å²) < 4.78 is 0. The molecular weight excluding hydrogens is 260 g/mol. The fraction of sp³-hybridized carbons (Fsp3) is 0. The number of H-pyrrole nitrogens is 1. The van der Waals surface area contributed by atoms with Crippen LogP contribution in [-0.2, 0) is 0 Å². The molecule has 0 atom stereocenters. The fourth-order valence-electron chi connectivity index (χ4n) is 1.80. The molecule has 3 rings (SSSR count). The fourth-order valence-corrected chi connectivity index (χ4v) is 2.78. The number of aromatic nitrogens is 2. The predicted molar refractivity (Wildman–Crippen MR) is 74.3 cm³/mol. The molecule has 0 aliphatic rings. The highest BCUT2D eigenvalue weighted by atomic mass is 32.1. The van der Waals surface area contributed by atoms with Crippen molar-refractivity contribution in [2.24, 2.45) is 0 Å². The monoisotopic (exact) mass is 270 g/mol. The van der Waals surface area contributed by atoms with Crippen LogP contribution >= 0.6 is 11.3 Å². The summed E-state index contributed by atoms with van der Waals surface area (Å²) in [6, 6.07) is 15.6. The molecule has 0 spiro atoms. The molecule has 0 fully saturated rings. The number of carboxylic acids is 1. The maximum Gasteiger partial charge on any atom is 0.356 e. The topological polar surface area (TPSA) is 66.0 Å². The number of benzene rings is 1. The normalized spacial score (nSPS) is 10.5. The third-order valence-corrected chi connectivity index (χ3v) is 3.89. The van der Waals surface area contributed by atoms with E-state index < -0.39 is 5.97 Å². The Balaban J connectivity index is 1.94. The van der Waals surface area contributed by atoms with E-state index in [1.165, 1.54) is 0 Å². The molecule has 0 saturated carbocycles. The third kappa shape index (κ3) is 2.28. The number of hydrogen-bond donors (Lipinski definition) is 2. The van der Waals surface area contributed by atoms with Crippen molar-refractivity contribution in [3.63, 3.8) is 0 Å². The number of carboxylic acid groups (broad SMARTS) is 1. The average molecular weight is 270 g/mol. The summed E-state index contributed by atoms with van der Waals surface area (Å²) in [4.78, 5) is 12.9. The van der Waals surface area contributed by atoms with Crippen molar-refractivity contribution in [2.45, 2.75) is 0 Å². The molecule has 3 aromatic rings. The minimum Gasteiger partial charge on any atom is -0.476 e. The Kier molecular flexibility index (Phi) is 2.89. The van der Waals surface area contributed by atoms with E-state index in [1.807, 2.05) is 42.5 Å². The largest absolute Gasteiger partial charge is 0.476 e. The molecule has 2 N–H and O–H groups in total. The van der Waals surface area contributed by atoms with Gasteiger partial charge in [-0.15, -0.1) is 11.3 Å². The summed E-state index contributed by atoms with van der Waals surface area (Å²) in [6.45, 7) is 0. The van der Waals surface area contributed by atoms with Crippen LogP contribution in [0.25, 0.3) is 21.0 Å². The van der Waals surface area contributed by atoms with E-state index in [0.717, 1.165) is 21.0 Å². The second kappa shape index (κ2) is 4.70. The molecule has 0 amide bonds. The summed E-state index contributed by atoms with van der Waals surface area (Å²) in [5.74, 6) is -1.03. The summed E-state index contributed by atoms with van der Waals surface area (Å²) >= 11 is 1.60. The first-order valence-electron chi connectivity index (χ1n) is 5.68. The third-order valence-electron chi connectivity index (χ3n) is 2.73. The van der Waals surface area contributed by atoms with Gasteiger partial charge in [0.2, 0.25) is 0 Å². The van der Waals surface area contributed by atoms with Crippen LogP contribution < -0.4 is 0 Å². The standard InChI is InChI=1S/C14H10N2O2S/c17-14(18)11-8-10(15-16-11)13-7-6-12(19-13)9-4-2-1-3-5-9/h1-8H,(H,15,16)(H,17,18). The number of aromatic carboxylic acids is 1. The molecule has 0 aliphatic heterocycles. The molecule has 0 saturated heterocycles. The number of carbonyl (C=O) groups is 1. The zero-order valence-electron chi connectivity index (χ0n) is 9.83. The van der Waals surface area contributed by atoms with Crippen LogP contribution in [0.5, 0.6) is 0 Å². The molecule has 2 heterocycles. The summed E-state index contributed by atoms with van der Waals surface area (Å²) in [7, 11) is 0. The Morgan fingerprint density at radius 3 is 2.53 bits per heavy atom. The van der Waals surface area contributed by atoms with Gasteiger partial charge in [0.25, 0.3) is 0 Å². The Morgan fingerprint density at radius 1 is 1.11 bits per heavy atom. The molecule has 5 heteroatoms. The van der Waals surface area contributed by atoms with Crippen LogP contribution in [0.3, 0.4) is 0 Å². The Bertz CT molecular complexity index is 716. The molecule has 0 radical (unpaired) electrons. The number of thiophene rings is 1. The molecule has 94 valence electrons. The van der Waals surface area contributed by atoms with Crippen molar-refractivity contribution in [3.8, 4) is 21.0 Å². The van der Waals surface area contributed by atoms with E-state index in [0.29, 0.717) is 0 Å². The van der Waals surface area contributed by atoms with E-state index in [1.54, 1.807) is 17.4 Å². The minimum absolute atomic E-state index is 0.0321. The van der Waals surface area contributed by atoms with Crippen LogP contribution in [-0.4, -0.2) is 21.3 Å². The number of nitrogens with zero attached hydrogens (tertiary/aromatic N) is 1. The minimum atomic E-state index is -1.03. The lowest BCUT2D eigenvalue weighted by atomic mass is 10.2. The van der Waals surface area contributed by atoms with Crippen molar-refractivity contribution < 1.29 is 9.90 Å². The maximum atomic E-state index is 10.8. The Hall–Kier alpha value is -2.40.